The van der Waals surface area contributed by atoms with Gasteiger partial charge in [-0.15, -0.1) is 0 Å². The van der Waals surface area contributed by atoms with E-state index in [4.69, 9.17) is 9.84 Å². The first kappa shape index (κ1) is 12.4. The van der Waals surface area contributed by atoms with E-state index in [-0.39, 0.29) is 6.61 Å². The number of hydrogen-bond donors (Lipinski definition) is 1. The molecule has 2 rings (SSSR count). The van der Waals surface area contributed by atoms with Gasteiger partial charge in [0, 0.05) is 9.13 Å². The van der Waals surface area contributed by atoms with Crippen LogP contribution in [-0.2, 0) is 0 Å². The van der Waals surface area contributed by atoms with Crippen LogP contribution in [0.5, 0.6) is 5.75 Å². The smallest absolute Gasteiger partial charge is 0.128 e. The first-order chi connectivity index (χ1) is 8.31. The minimum Gasteiger partial charge on any atom is -0.491 e. The van der Waals surface area contributed by atoms with Crippen LogP contribution in [0.25, 0.3) is 11.1 Å². The van der Waals surface area contributed by atoms with Crippen LogP contribution in [0.1, 0.15) is 0 Å². The molecular weight excluding hydrogens is 327 g/mol. The van der Waals surface area contributed by atoms with E-state index in [0.29, 0.717) is 6.61 Å². The lowest BCUT2D eigenvalue weighted by atomic mass is 10.1. The van der Waals surface area contributed by atoms with Gasteiger partial charge in [0.2, 0.25) is 0 Å². The van der Waals surface area contributed by atoms with E-state index in [9.17, 15) is 0 Å². The molecule has 0 saturated carbocycles. The van der Waals surface area contributed by atoms with Crippen LogP contribution in [0.4, 0.5) is 0 Å². The molecule has 0 aliphatic rings. The monoisotopic (exact) mass is 340 g/mol. The van der Waals surface area contributed by atoms with Gasteiger partial charge >= 0.3 is 0 Å². The summed E-state index contributed by atoms with van der Waals surface area (Å²) < 4.78 is 6.69. The fourth-order valence-corrected chi connectivity index (χ4v) is 2.09. The number of hydrogen-bond acceptors (Lipinski definition) is 2. The molecule has 0 atom stereocenters. The number of aliphatic hydroxyl groups is 1. The van der Waals surface area contributed by atoms with E-state index in [0.717, 1.165) is 20.4 Å². The molecule has 0 radical (unpaired) electrons. The van der Waals surface area contributed by atoms with Crippen LogP contribution in [0.15, 0.2) is 48.5 Å². The van der Waals surface area contributed by atoms with Gasteiger partial charge in [0.25, 0.3) is 0 Å². The number of rotatable bonds is 4. The quantitative estimate of drug-likeness (QED) is 0.866. The molecule has 0 spiro atoms. The fourth-order valence-electron chi connectivity index (χ4n) is 1.63. The standard InChI is InChI=1S/C14H13IO2/c15-12-6-7-13(11-4-2-1-3-5-11)14(10-12)17-9-8-16/h1-7,10,16H,8-9H2. The summed E-state index contributed by atoms with van der Waals surface area (Å²) in [5.41, 5.74) is 2.18. The number of ether oxygens (including phenoxy) is 1. The molecule has 2 nitrogen and oxygen atoms in total. The topological polar surface area (TPSA) is 29.5 Å². The third kappa shape index (κ3) is 3.20. The average molecular weight is 340 g/mol. The van der Waals surface area contributed by atoms with Gasteiger partial charge in [-0.25, -0.2) is 0 Å². The molecule has 2 aromatic carbocycles. The second-order valence-electron chi connectivity index (χ2n) is 3.58. The van der Waals surface area contributed by atoms with Crippen LogP contribution < -0.4 is 4.74 Å². The van der Waals surface area contributed by atoms with Crippen molar-refractivity contribution in [2.45, 2.75) is 0 Å². The van der Waals surface area contributed by atoms with Gasteiger partial charge in [0.05, 0.1) is 6.61 Å². The Morgan fingerprint density at radius 3 is 2.53 bits per heavy atom. The third-order valence-electron chi connectivity index (χ3n) is 2.38. The summed E-state index contributed by atoms with van der Waals surface area (Å²) in [5.74, 6) is 0.817. The normalized spacial score (nSPS) is 10.2. The summed E-state index contributed by atoms with van der Waals surface area (Å²) in [6.07, 6.45) is 0. The zero-order valence-electron chi connectivity index (χ0n) is 9.27. The zero-order valence-corrected chi connectivity index (χ0v) is 11.4. The first-order valence-electron chi connectivity index (χ1n) is 5.40. The number of aliphatic hydroxyl groups excluding tert-OH is 1. The van der Waals surface area contributed by atoms with Gasteiger partial charge in [-0.05, 0) is 46.4 Å². The summed E-state index contributed by atoms with van der Waals surface area (Å²) in [4.78, 5) is 0. The highest BCUT2D eigenvalue weighted by Gasteiger charge is 2.06. The van der Waals surface area contributed by atoms with Gasteiger partial charge in [0.1, 0.15) is 12.4 Å². The highest BCUT2D eigenvalue weighted by atomic mass is 127. The molecule has 0 bridgehead atoms. The van der Waals surface area contributed by atoms with Gasteiger partial charge in [-0.1, -0.05) is 30.3 Å². The van der Waals surface area contributed by atoms with Crippen molar-refractivity contribution in [3.05, 3.63) is 52.1 Å². The Kier molecular flexibility index (Phi) is 4.39. The Morgan fingerprint density at radius 2 is 1.82 bits per heavy atom. The maximum absolute atomic E-state index is 8.83. The molecule has 0 fully saturated rings. The van der Waals surface area contributed by atoms with E-state index in [2.05, 4.69) is 28.7 Å². The molecular formula is C14H13IO2. The molecule has 1 N–H and O–H groups in total. The molecule has 0 aromatic heterocycles. The molecule has 0 saturated heterocycles. The molecule has 17 heavy (non-hydrogen) atoms. The molecule has 0 heterocycles. The van der Waals surface area contributed by atoms with Crippen LogP contribution in [0.3, 0.4) is 0 Å². The molecule has 88 valence electrons. The molecule has 0 aliphatic heterocycles. The molecule has 0 amide bonds. The highest BCUT2D eigenvalue weighted by Crippen LogP contribution is 2.31. The van der Waals surface area contributed by atoms with Gasteiger partial charge in [-0.3, -0.25) is 0 Å². The first-order valence-corrected chi connectivity index (χ1v) is 6.48. The highest BCUT2D eigenvalue weighted by molar-refractivity contribution is 14.1. The SMILES string of the molecule is OCCOc1cc(I)ccc1-c1ccccc1. The van der Waals surface area contributed by atoms with Crippen molar-refractivity contribution in [3.8, 4) is 16.9 Å². The lowest BCUT2D eigenvalue weighted by molar-refractivity contribution is 0.202. The Labute approximate surface area is 114 Å². The zero-order chi connectivity index (χ0) is 12.1. The van der Waals surface area contributed by atoms with E-state index in [1.54, 1.807) is 0 Å². The van der Waals surface area contributed by atoms with Crippen LogP contribution in [-0.4, -0.2) is 18.3 Å². The minimum atomic E-state index is 0.0275. The number of halogens is 1. The Hall–Kier alpha value is -1.07. The summed E-state index contributed by atoms with van der Waals surface area (Å²) in [7, 11) is 0. The van der Waals surface area contributed by atoms with Crippen molar-refractivity contribution >= 4 is 22.6 Å². The van der Waals surface area contributed by atoms with Crippen molar-refractivity contribution in [1.29, 1.82) is 0 Å². The van der Waals surface area contributed by atoms with Gasteiger partial charge < -0.3 is 9.84 Å². The largest absolute Gasteiger partial charge is 0.491 e. The summed E-state index contributed by atoms with van der Waals surface area (Å²) in [5, 5.41) is 8.83. The average Bonchev–Trinajstić information content (AvgIpc) is 2.37. The van der Waals surface area contributed by atoms with Crippen molar-refractivity contribution in [2.75, 3.05) is 13.2 Å². The van der Waals surface area contributed by atoms with Crippen molar-refractivity contribution in [1.82, 2.24) is 0 Å². The fraction of sp³-hybridized carbons (Fsp3) is 0.143. The Bertz CT molecular complexity index is 483. The van der Waals surface area contributed by atoms with Gasteiger partial charge in [-0.2, -0.15) is 0 Å². The van der Waals surface area contributed by atoms with E-state index in [1.807, 2.05) is 42.5 Å². The van der Waals surface area contributed by atoms with Crippen molar-refractivity contribution in [2.24, 2.45) is 0 Å². The maximum Gasteiger partial charge on any atom is 0.128 e. The molecule has 2 aromatic rings. The number of benzene rings is 2. The maximum atomic E-state index is 8.83. The van der Waals surface area contributed by atoms with Crippen molar-refractivity contribution < 1.29 is 9.84 Å². The van der Waals surface area contributed by atoms with Gasteiger partial charge in [0.15, 0.2) is 0 Å². The van der Waals surface area contributed by atoms with E-state index in [1.165, 1.54) is 0 Å². The lowest BCUT2D eigenvalue weighted by Crippen LogP contribution is -2.02. The summed E-state index contributed by atoms with van der Waals surface area (Å²) >= 11 is 2.25. The van der Waals surface area contributed by atoms with Crippen LogP contribution in [0, 0.1) is 3.57 Å². The summed E-state index contributed by atoms with van der Waals surface area (Å²) in [6.45, 7) is 0.347. The predicted octanol–water partition coefficient (Wildman–Crippen LogP) is 3.33. The van der Waals surface area contributed by atoms with E-state index >= 15 is 0 Å². The third-order valence-corrected chi connectivity index (χ3v) is 3.05. The second kappa shape index (κ2) is 6.02. The van der Waals surface area contributed by atoms with E-state index < -0.39 is 0 Å². The minimum absolute atomic E-state index is 0.0275. The molecule has 3 heteroatoms. The lowest BCUT2D eigenvalue weighted by Gasteiger charge is -2.11. The molecule has 0 unspecified atom stereocenters. The van der Waals surface area contributed by atoms with Crippen LogP contribution >= 0.6 is 22.6 Å². The Balaban J connectivity index is 2.39. The van der Waals surface area contributed by atoms with Crippen LogP contribution in [0.2, 0.25) is 0 Å². The second-order valence-corrected chi connectivity index (χ2v) is 4.82. The molecule has 0 aliphatic carbocycles. The van der Waals surface area contributed by atoms with Crippen molar-refractivity contribution in [3.63, 3.8) is 0 Å². The Morgan fingerprint density at radius 1 is 1.06 bits per heavy atom. The predicted molar refractivity (Wildman–Crippen MR) is 77.2 cm³/mol. The summed E-state index contributed by atoms with van der Waals surface area (Å²) in [6, 6.07) is 16.2.